The summed E-state index contributed by atoms with van der Waals surface area (Å²) in [6.07, 6.45) is -3.70. The molecule has 1 aromatic heterocycles. The van der Waals surface area contributed by atoms with Gasteiger partial charge in [0.25, 0.3) is 0 Å². The minimum atomic E-state index is -4.04. The van der Waals surface area contributed by atoms with Crippen molar-refractivity contribution in [1.29, 1.82) is 0 Å². The lowest BCUT2D eigenvalue weighted by Gasteiger charge is -2.15. The topological polar surface area (TPSA) is 12.0 Å². The second-order valence-electron chi connectivity index (χ2n) is 3.65. The monoisotopic (exact) mass is 251 g/mol. The van der Waals surface area contributed by atoms with Crippen molar-refractivity contribution in [2.24, 2.45) is 0 Å². The lowest BCUT2D eigenvalue weighted by Crippen LogP contribution is -2.22. The molecule has 5 heteroatoms. The summed E-state index contributed by atoms with van der Waals surface area (Å²) in [5, 5.41) is 5.14. The SMILES string of the molecule is CCC(NCCCC(F)(F)F)c1cccs1. The molecular weight excluding hydrogens is 235 g/mol. The molecular formula is C11H16F3NS. The van der Waals surface area contributed by atoms with Gasteiger partial charge >= 0.3 is 6.18 Å². The zero-order chi connectivity index (χ0) is 12.0. The molecule has 1 aromatic rings. The van der Waals surface area contributed by atoms with Gasteiger partial charge in [0, 0.05) is 17.3 Å². The van der Waals surface area contributed by atoms with Crippen LogP contribution in [0.25, 0.3) is 0 Å². The van der Waals surface area contributed by atoms with Crippen LogP contribution in [0.15, 0.2) is 17.5 Å². The van der Waals surface area contributed by atoms with E-state index in [-0.39, 0.29) is 12.5 Å². The van der Waals surface area contributed by atoms with E-state index in [0.717, 1.165) is 6.42 Å². The third-order valence-corrected chi connectivity index (χ3v) is 3.31. The van der Waals surface area contributed by atoms with Gasteiger partial charge in [0.05, 0.1) is 0 Å². The number of nitrogens with one attached hydrogen (secondary N) is 1. The molecule has 0 aromatic carbocycles. The Morgan fingerprint density at radius 2 is 2.19 bits per heavy atom. The highest BCUT2D eigenvalue weighted by Gasteiger charge is 2.26. The predicted octanol–water partition coefficient (Wildman–Crippen LogP) is 4.13. The molecule has 1 unspecified atom stereocenters. The predicted molar refractivity (Wildman–Crippen MR) is 60.6 cm³/mol. The maximum absolute atomic E-state index is 11.9. The van der Waals surface area contributed by atoms with Crippen LogP contribution in [0.4, 0.5) is 13.2 Å². The third kappa shape index (κ3) is 4.99. The van der Waals surface area contributed by atoms with Crippen molar-refractivity contribution >= 4 is 11.3 Å². The largest absolute Gasteiger partial charge is 0.389 e. The highest BCUT2D eigenvalue weighted by atomic mass is 32.1. The first-order valence-corrected chi connectivity index (χ1v) is 6.24. The summed E-state index contributed by atoms with van der Waals surface area (Å²) in [6, 6.07) is 4.16. The molecule has 0 spiro atoms. The molecule has 0 aliphatic rings. The van der Waals surface area contributed by atoms with Crippen molar-refractivity contribution < 1.29 is 13.2 Å². The molecule has 1 atom stereocenters. The number of halogens is 3. The van der Waals surface area contributed by atoms with Crippen molar-refractivity contribution in [3.8, 4) is 0 Å². The van der Waals surface area contributed by atoms with Crippen LogP contribution < -0.4 is 5.32 Å². The van der Waals surface area contributed by atoms with Crippen molar-refractivity contribution in [1.82, 2.24) is 5.32 Å². The molecule has 0 fully saturated rings. The first-order chi connectivity index (χ1) is 7.53. The van der Waals surface area contributed by atoms with E-state index in [2.05, 4.69) is 5.32 Å². The lowest BCUT2D eigenvalue weighted by molar-refractivity contribution is -0.135. The molecule has 1 N–H and O–H groups in total. The molecule has 0 saturated carbocycles. The van der Waals surface area contributed by atoms with Gasteiger partial charge in [0.1, 0.15) is 0 Å². The van der Waals surface area contributed by atoms with Crippen molar-refractivity contribution in [3.05, 3.63) is 22.4 Å². The van der Waals surface area contributed by atoms with Crippen LogP contribution >= 0.6 is 11.3 Å². The van der Waals surface area contributed by atoms with E-state index in [1.54, 1.807) is 11.3 Å². The van der Waals surface area contributed by atoms with Crippen molar-refractivity contribution in [2.45, 2.75) is 38.4 Å². The maximum atomic E-state index is 11.9. The van der Waals surface area contributed by atoms with Crippen molar-refractivity contribution in [2.75, 3.05) is 6.54 Å². The van der Waals surface area contributed by atoms with Crippen LogP contribution in [-0.4, -0.2) is 12.7 Å². The van der Waals surface area contributed by atoms with Gasteiger partial charge in [-0.2, -0.15) is 13.2 Å². The molecule has 92 valence electrons. The molecule has 1 nitrogen and oxygen atoms in total. The molecule has 0 amide bonds. The van der Waals surface area contributed by atoms with Crippen LogP contribution in [0, 0.1) is 0 Å². The fourth-order valence-corrected chi connectivity index (χ4v) is 2.39. The summed E-state index contributed by atoms with van der Waals surface area (Å²) >= 11 is 1.63. The van der Waals surface area contributed by atoms with Crippen LogP contribution in [-0.2, 0) is 0 Å². The average Bonchev–Trinajstić information content (AvgIpc) is 2.69. The number of hydrogen-bond donors (Lipinski definition) is 1. The normalized spacial score (nSPS) is 14.0. The number of hydrogen-bond acceptors (Lipinski definition) is 2. The van der Waals surface area contributed by atoms with Gasteiger partial charge < -0.3 is 5.32 Å². The Labute approximate surface area is 97.7 Å². The van der Waals surface area contributed by atoms with Gasteiger partial charge in [-0.05, 0) is 30.8 Å². The van der Waals surface area contributed by atoms with E-state index in [1.807, 2.05) is 24.4 Å². The van der Waals surface area contributed by atoms with Gasteiger partial charge in [-0.15, -0.1) is 11.3 Å². The number of thiophene rings is 1. The molecule has 0 aliphatic carbocycles. The molecule has 1 heterocycles. The average molecular weight is 251 g/mol. The number of rotatable bonds is 6. The van der Waals surface area contributed by atoms with Crippen LogP contribution in [0.5, 0.6) is 0 Å². The zero-order valence-electron chi connectivity index (χ0n) is 9.18. The Balaban J connectivity index is 2.25. The maximum Gasteiger partial charge on any atom is 0.389 e. The summed E-state index contributed by atoms with van der Waals surface area (Å²) in [5.41, 5.74) is 0. The smallest absolute Gasteiger partial charge is 0.309 e. The Morgan fingerprint density at radius 1 is 1.44 bits per heavy atom. The molecule has 0 aliphatic heterocycles. The van der Waals surface area contributed by atoms with Crippen molar-refractivity contribution in [3.63, 3.8) is 0 Å². The standard InChI is InChI=1S/C11H16F3NS/c1-2-9(10-5-3-8-16-10)15-7-4-6-11(12,13)14/h3,5,8-9,15H,2,4,6-7H2,1H3. The van der Waals surface area contributed by atoms with E-state index in [0.29, 0.717) is 6.54 Å². The Morgan fingerprint density at radius 3 is 2.69 bits per heavy atom. The minimum Gasteiger partial charge on any atom is -0.309 e. The van der Waals surface area contributed by atoms with E-state index in [4.69, 9.17) is 0 Å². The van der Waals surface area contributed by atoms with Gasteiger partial charge in [-0.25, -0.2) is 0 Å². The number of alkyl halides is 3. The first-order valence-electron chi connectivity index (χ1n) is 5.36. The Hall–Kier alpha value is -0.550. The van der Waals surface area contributed by atoms with E-state index >= 15 is 0 Å². The zero-order valence-corrected chi connectivity index (χ0v) is 10.00. The fourth-order valence-electron chi connectivity index (χ4n) is 1.50. The molecule has 1 rings (SSSR count). The molecule has 16 heavy (non-hydrogen) atoms. The highest BCUT2D eigenvalue weighted by Crippen LogP contribution is 2.23. The van der Waals surface area contributed by atoms with Gasteiger partial charge in [-0.3, -0.25) is 0 Å². The molecule has 0 bridgehead atoms. The van der Waals surface area contributed by atoms with Crippen LogP contribution in [0.1, 0.15) is 37.1 Å². The second kappa shape index (κ2) is 6.25. The summed E-state index contributed by atoms with van der Waals surface area (Å²) < 4.78 is 35.7. The van der Waals surface area contributed by atoms with Crippen LogP contribution in [0.3, 0.4) is 0 Å². The van der Waals surface area contributed by atoms with E-state index < -0.39 is 12.6 Å². The molecule has 0 saturated heterocycles. The highest BCUT2D eigenvalue weighted by molar-refractivity contribution is 7.10. The fraction of sp³-hybridized carbons (Fsp3) is 0.636. The van der Waals surface area contributed by atoms with Gasteiger partial charge in [0.15, 0.2) is 0 Å². The minimum absolute atomic E-state index is 0.144. The Bertz CT molecular complexity index is 282. The van der Waals surface area contributed by atoms with Gasteiger partial charge in [0.2, 0.25) is 0 Å². The quantitative estimate of drug-likeness (QED) is 0.749. The first kappa shape index (κ1) is 13.5. The van der Waals surface area contributed by atoms with Crippen LogP contribution in [0.2, 0.25) is 0 Å². The summed E-state index contributed by atoms with van der Waals surface area (Å²) in [6.45, 7) is 2.44. The third-order valence-electron chi connectivity index (χ3n) is 2.32. The molecule has 0 radical (unpaired) electrons. The second-order valence-corrected chi connectivity index (χ2v) is 4.63. The van der Waals surface area contributed by atoms with Gasteiger partial charge in [-0.1, -0.05) is 13.0 Å². The summed E-state index contributed by atoms with van der Waals surface area (Å²) in [4.78, 5) is 1.19. The van der Waals surface area contributed by atoms with E-state index in [9.17, 15) is 13.2 Å². The Kier molecular flexibility index (Phi) is 5.28. The summed E-state index contributed by atoms with van der Waals surface area (Å²) in [5.74, 6) is 0. The van der Waals surface area contributed by atoms with E-state index in [1.165, 1.54) is 4.88 Å². The lowest BCUT2D eigenvalue weighted by atomic mass is 10.2. The summed E-state index contributed by atoms with van der Waals surface area (Å²) in [7, 11) is 0.